The summed E-state index contributed by atoms with van der Waals surface area (Å²) in [6, 6.07) is -0.750. The molecule has 2 N–H and O–H groups in total. The molecule has 2 heterocycles. The molecule has 0 amide bonds. The standard InChI is InChI=1S/C8H10N6O2/c1-4(8(15)16)11-6-5-7(10-3-9-6)14(2)13-12-5/h3-4H,1-2H3,(H,15,16)(H,9,10,11)/t4-/m1/s1. The highest BCUT2D eigenvalue weighted by molar-refractivity contribution is 5.85. The Bertz CT molecular complexity index is 536. The molecule has 0 saturated heterocycles. The van der Waals surface area contributed by atoms with Crippen LogP contribution in [0.2, 0.25) is 0 Å². The van der Waals surface area contributed by atoms with Crippen LogP contribution in [0, 0.1) is 0 Å². The molecule has 84 valence electrons. The maximum atomic E-state index is 10.7. The number of anilines is 1. The van der Waals surface area contributed by atoms with Gasteiger partial charge in [0.15, 0.2) is 17.0 Å². The lowest BCUT2D eigenvalue weighted by molar-refractivity contribution is -0.137. The van der Waals surface area contributed by atoms with E-state index in [1.807, 2.05) is 0 Å². The minimum Gasteiger partial charge on any atom is -0.480 e. The van der Waals surface area contributed by atoms with E-state index in [1.165, 1.54) is 17.9 Å². The number of aliphatic carboxylic acids is 1. The van der Waals surface area contributed by atoms with Gasteiger partial charge in [0.25, 0.3) is 0 Å². The molecule has 0 aliphatic rings. The molecule has 0 spiro atoms. The van der Waals surface area contributed by atoms with Crippen molar-refractivity contribution in [1.29, 1.82) is 0 Å². The Morgan fingerprint density at radius 2 is 2.31 bits per heavy atom. The smallest absolute Gasteiger partial charge is 0.325 e. The summed E-state index contributed by atoms with van der Waals surface area (Å²) >= 11 is 0. The van der Waals surface area contributed by atoms with Gasteiger partial charge in [-0.15, -0.1) is 5.10 Å². The molecule has 0 bridgehead atoms. The molecule has 0 aromatic carbocycles. The van der Waals surface area contributed by atoms with E-state index in [9.17, 15) is 4.79 Å². The van der Waals surface area contributed by atoms with Crippen LogP contribution in [0.4, 0.5) is 5.82 Å². The Kier molecular flexibility index (Phi) is 2.39. The summed E-state index contributed by atoms with van der Waals surface area (Å²) in [5.41, 5.74) is 1.01. The van der Waals surface area contributed by atoms with Crippen molar-refractivity contribution in [1.82, 2.24) is 25.0 Å². The minimum atomic E-state index is -0.962. The molecule has 0 aliphatic carbocycles. The molecule has 8 heteroatoms. The molecule has 0 saturated carbocycles. The normalized spacial score (nSPS) is 12.6. The molecule has 0 unspecified atom stereocenters. The van der Waals surface area contributed by atoms with E-state index in [0.29, 0.717) is 17.0 Å². The predicted octanol–water partition coefficient (Wildman–Crippen LogP) is -0.357. The highest BCUT2D eigenvalue weighted by Crippen LogP contribution is 2.15. The van der Waals surface area contributed by atoms with E-state index in [4.69, 9.17) is 5.11 Å². The fourth-order valence-corrected chi connectivity index (χ4v) is 1.22. The topological polar surface area (TPSA) is 106 Å². The first-order chi connectivity index (χ1) is 7.59. The van der Waals surface area contributed by atoms with Gasteiger partial charge in [-0.1, -0.05) is 5.21 Å². The number of carboxylic acid groups (broad SMARTS) is 1. The zero-order valence-electron chi connectivity index (χ0n) is 8.75. The molecule has 0 aliphatic heterocycles. The van der Waals surface area contributed by atoms with Crippen LogP contribution in [-0.2, 0) is 11.8 Å². The second-order valence-corrected chi connectivity index (χ2v) is 3.31. The molecule has 2 aromatic heterocycles. The van der Waals surface area contributed by atoms with Crippen molar-refractivity contribution in [2.45, 2.75) is 13.0 Å². The van der Waals surface area contributed by atoms with Gasteiger partial charge in [0.1, 0.15) is 12.4 Å². The molecular formula is C8H10N6O2. The molecule has 8 nitrogen and oxygen atoms in total. The Hall–Kier alpha value is -2.25. The number of carbonyl (C=O) groups is 1. The minimum absolute atomic E-state index is 0.369. The average Bonchev–Trinajstić information content (AvgIpc) is 2.62. The number of fused-ring (bicyclic) bond motifs is 1. The Morgan fingerprint density at radius 1 is 1.56 bits per heavy atom. The number of hydrogen-bond acceptors (Lipinski definition) is 6. The summed E-state index contributed by atoms with van der Waals surface area (Å²) in [6.45, 7) is 1.52. The molecule has 0 fully saturated rings. The zero-order valence-corrected chi connectivity index (χ0v) is 8.75. The average molecular weight is 222 g/mol. The van der Waals surface area contributed by atoms with Gasteiger partial charge in [-0.3, -0.25) is 4.79 Å². The number of aryl methyl sites for hydroxylation is 1. The first-order valence-corrected chi connectivity index (χ1v) is 4.59. The molecule has 0 radical (unpaired) electrons. The van der Waals surface area contributed by atoms with Crippen molar-refractivity contribution in [2.24, 2.45) is 7.05 Å². The molecule has 2 aromatic rings. The second kappa shape index (κ2) is 3.72. The first-order valence-electron chi connectivity index (χ1n) is 4.59. The number of rotatable bonds is 3. The maximum absolute atomic E-state index is 10.7. The van der Waals surface area contributed by atoms with E-state index in [2.05, 4.69) is 25.6 Å². The van der Waals surface area contributed by atoms with Crippen LogP contribution in [-0.4, -0.2) is 42.1 Å². The summed E-state index contributed by atoms with van der Waals surface area (Å²) in [5.74, 6) is -0.594. The van der Waals surface area contributed by atoms with Crippen molar-refractivity contribution in [3.63, 3.8) is 0 Å². The second-order valence-electron chi connectivity index (χ2n) is 3.31. The molecular weight excluding hydrogens is 212 g/mol. The third-order valence-electron chi connectivity index (χ3n) is 2.11. The monoisotopic (exact) mass is 222 g/mol. The quantitative estimate of drug-likeness (QED) is 0.730. The summed E-state index contributed by atoms with van der Waals surface area (Å²) in [7, 11) is 1.70. The number of carboxylic acids is 1. The van der Waals surface area contributed by atoms with Crippen LogP contribution in [0.3, 0.4) is 0 Å². The lowest BCUT2D eigenvalue weighted by atomic mass is 10.3. The van der Waals surface area contributed by atoms with Crippen LogP contribution in [0.5, 0.6) is 0 Å². The van der Waals surface area contributed by atoms with Gasteiger partial charge in [0, 0.05) is 7.05 Å². The zero-order chi connectivity index (χ0) is 11.7. The van der Waals surface area contributed by atoms with Gasteiger partial charge >= 0.3 is 5.97 Å². The first kappa shape index (κ1) is 10.3. The van der Waals surface area contributed by atoms with Gasteiger partial charge in [0.2, 0.25) is 0 Å². The van der Waals surface area contributed by atoms with E-state index in [-0.39, 0.29) is 0 Å². The summed E-state index contributed by atoms with van der Waals surface area (Å²) < 4.78 is 1.49. The fourth-order valence-electron chi connectivity index (χ4n) is 1.22. The van der Waals surface area contributed by atoms with Crippen LogP contribution in [0.25, 0.3) is 11.2 Å². The SMILES string of the molecule is C[C@@H](Nc1ncnc2c1nnn2C)C(=O)O. The van der Waals surface area contributed by atoms with Crippen molar-refractivity contribution in [3.8, 4) is 0 Å². The van der Waals surface area contributed by atoms with Crippen LogP contribution >= 0.6 is 0 Å². The summed E-state index contributed by atoms with van der Waals surface area (Å²) in [5, 5.41) is 19.2. The number of nitrogens with one attached hydrogen (secondary N) is 1. The van der Waals surface area contributed by atoms with Gasteiger partial charge in [-0.25, -0.2) is 14.6 Å². The van der Waals surface area contributed by atoms with Crippen LogP contribution < -0.4 is 5.32 Å². The van der Waals surface area contributed by atoms with Crippen molar-refractivity contribution >= 4 is 23.0 Å². The fraction of sp³-hybridized carbons (Fsp3) is 0.375. The molecule has 16 heavy (non-hydrogen) atoms. The highest BCUT2D eigenvalue weighted by Gasteiger charge is 2.15. The summed E-state index contributed by atoms with van der Waals surface area (Å²) in [6.07, 6.45) is 1.34. The van der Waals surface area contributed by atoms with E-state index < -0.39 is 12.0 Å². The van der Waals surface area contributed by atoms with E-state index in [1.54, 1.807) is 7.05 Å². The van der Waals surface area contributed by atoms with Crippen molar-refractivity contribution in [2.75, 3.05) is 5.32 Å². The molecule has 1 atom stereocenters. The van der Waals surface area contributed by atoms with Gasteiger partial charge < -0.3 is 10.4 Å². The van der Waals surface area contributed by atoms with Gasteiger partial charge in [-0.05, 0) is 6.92 Å². The third-order valence-corrected chi connectivity index (χ3v) is 2.11. The van der Waals surface area contributed by atoms with Crippen molar-refractivity contribution in [3.05, 3.63) is 6.33 Å². The lowest BCUT2D eigenvalue weighted by Gasteiger charge is -2.08. The largest absolute Gasteiger partial charge is 0.480 e. The number of aromatic nitrogens is 5. The predicted molar refractivity (Wildman–Crippen MR) is 54.8 cm³/mol. The van der Waals surface area contributed by atoms with Gasteiger partial charge in [0.05, 0.1) is 0 Å². The number of nitrogens with zero attached hydrogens (tertiary/aromatic N) is 5. The Morgan fingerprint density at radius 3 is 3.00 bits per heavy atom. The Balaban J connectivity index is 2.41. The molecule has 2 rings (SSSR count). The van der Waals surface area contributed by atoms with E-state index >= 15 is 0 Å². The van der Waals surface area contributed by atoms with E-state index in [0.717, 1.165) is 0 Å². The third kappa shape index (κ3) is 1.64. The Labute approximate surface area is 90.3 Å². The number of hydrogen-bond donors (Lipinski definition) is 2. The summed E-state index contributed by atoms with van der Waals surface area (Å²) in [4.78, 5) is 18.6. The van der Waals surface area contributed by atoms with Gasteiger partial charge in [-0.2, -0.15) is 0 Å². The van der Waals surface area contributed by atoms with Crippen LogP contribution in [0.15, 0.2) is 6.33 Å². The maximum Gasteiger partial charge on any atom is 0.325 e. The lowest BCUT2D eigenvalue weighted by Crippen LogP contribution is -2.26. The van der Waals surface area contributed by atoms with Crippen molar-refractivity contribution < 1.29 is 9.90 Å². The van der Waals surface area contributed by atoms with Crippen LogP contribution in [0.1, 0.15) is 6.92 Å². The highest BCUT2D eigenvalue weighted by atomic mass is 16.4.